The Morgan fingerprint density at radius 2 is 1.78 bits per heavy atom. The van der Waals surface area contributed by atoms with Crippen LogP contribution in [0.25, 0.3) is 0 Å². The lowest BCUT2D eigenvalue weighted by molar-refractivity contribution is -0.142. The van der Waals surface area contributed by atoms with Crippen molar-refractivity contribution in [3.8, 4) is 0 Å². The van der Waals surface area contributed by atoms with Gasteiger partial charge in [-0.1, -0.05) is 36.8 Å². The third-order valence-corrected chi connectivity index (χ3v) is 6.19. The van der Waals surface area contributed by atoms with E-state index in [4.69, 9.17) is 4.74 Å². The van der Waals surface area contributed by atoms with E-state index in [9.17, 15) is 27.9 Å². The number of anilines is 2. The summed E-state index contributed by atoms with van der Waals surface area (Å²) in [6.45, 7) is 0.131. The number of aliphatic carboxylic acids is 1. The van der Waals surface area contributed by atoms with Gasteiger partial charge in [0, 0.05) is 11.9 Å². The smallest absolute Gasteiger partial charge is 0.419 e. The minimum absolute atomic E-state index is 0.0534. The van der Waals surface area contributed by atoms with Crippen LogP contribution >= 0.6 is 0 Å². The zero-order valence-electron chi connectivity index (χ0n) is 19.2. The first kappa shape index (κ1) is 25.2. The third-order valence-electron chi connectivity index (χ3n) is 6.19. The van der Waals surface area contributed by atoms with Gasteiger partial charge in [-0.05, 0) is 55.0 Å². The summed E-state index contributed by atoms with van der Waals surface area (Å²) in [4.78, 5) is 31.7. The number of carboxylic acid groups (broad SMARTS) is 1. The molecule has 0 bridgehead atoms. The molecule has 0 saturated heterocycles. The highest BCUT2D eigenvalue weighted by atomic mass is 19.4. The molecule has 36 heavy (non-hydrogen) atoms. The van der Waals surface area contributed by atoms with Crippen LogP contribution in [-0.4, -0.2) is 27.0 Å². The van der Waals surface area contributed by atoms with E-state index in [-0.39, 0.29) is 24.7 Å². The standard InChI is InChI=1S/C26H24F3N3O4/c27-26(28,29)21-14-30-25(32-22(21)13-18-7-4-8-20(18)23(33)34)31-19-11-9-17(10-12-19)24(35)36-15-16-5-2-1-3-6-16/h1-3,5-6,9-12,14,18,20H,4,7-8,13,15H2,(H,33,34)(H,30,31,32)/t18-,20-/m0/s1. The third kappa shape index (κ3) is 6.18. The summed E-state index contributed by atoms with van der Waals surface area (Å²) in [5.74, 6) is -2.68. The fourth-order valence-electron chi connectivity index (χ4n) is 4.35. The molecule has 1 heterocycles. The van der Waals surface area contributed by atoms with Gasteiger partial charge in [0.2, 0.25) is 5.95 Å². The number of nitrogens with zero attached hydrogens (tertiary/aromatic N) is 2. The molecule has 3 aromatic rings. The van der Waals surface area contributed by atoms with Crippen molar-refractivity contribution in [1.29, 1.82) is 0 Å². The lowest BCUT2D eigenvalue weighted by Crippen LogP contribution is -2.22. The number of hydrogen-bond acceptors (Lipinski definition) is 6. The van der Waals surface area contributed by atoms with E-state index < -0.39 is 35.5 Å². The largest absolute Gasteiger partial charge is 0.481 e. The fraction of sp³-hybridized carbons (Fsp3) is 0.308. The first-order valence-corrected chi connectivity index (χ1v) is 11.4. The molecule has 0 radical (unpaired) electrons. The van der Waals surface area contributed by atoms with Gasteiger partial charge in [-0.15, -0.1) is 0 Å². The molecular formula is C26H24F3N3O4. The number of aromatic nitrogens is 2. The van der Waals surface area contributed by atoms with Crippen molar-refractivity contribution in [2.75, 3.05) is 5.32 Å². The Balaban J connectivity index is 1.46. The SMILES string of the molecule is O=C(OCc1ccccc1)c1ccc(Nc2ncc(C(F)(F)F)c(C[C@@H]3CCC[C@@H]3C(=O)O)n2)cc1. The number of benzene rings is 2. The van der Waals surface area contributed by atoms with Gasteiger partial charge in [-0.2, -0.15) is 13.2 Å². The molecule has 1 saturated carbocycles. The summed E-state index contributed by atoms with van der Waals surface area (Å²) in [7, 11) is 0. The normalized spacial score (nSPS) is 17.5. The van der Waals surface area contributed by atoms with E-state index >= 15 is 0 Å². The van der Waals surface area contributed by atoms with Crippen LogP contribution in [0.5, 0.6) is 0 Å². The average Bonchev–Trinajstić information content (AvgIpc) is 3.31. The van der Waals surface area contributed by atoms with Crippen molar-refractivity contribution >= 4 is 23.6 Å². The number of carboxylic acids is 1. The van der Waals surface area contributed by atoms with Crippen LogP contribution < -0.4 is 5.32 Å². The Kier molecular flexibility index (Phi) is 7.52. The van der Waals surface area contributed by atoms with E-state index in [2.05, 4.69) is 15.3 Å². The molecule has 1 aliphatic carbocycles. The molecule has 2 aromatic carbocycles. The highest BCUT2D eigenvalue weighted by Crippen LogP contribution is 2.38. The summed E-state index contributed by atoms with van der Waals surface area (Å²) in [6.07, 6.45) is -2.42. The van der Waals surface area contributed by atoms with Crippen LogP contribution in [0.4, 0.5) is 24.8 Å². The van der Waals surface area contributed by atoms with Crippen LogP contribution in [0.3, 0.4) is 0 Å². The Hall–Kier alpha value is -3.95. The quantitative estimate of drug-likeness (QED) is 0.387. The molecule has 0 aliphatic heterocycles. The maximum Gasteiger partial charge on any atom is 0.419 e. The van der Waals surface area contributed by atoms with E-state index in [1.165, 1.54) is 12.1 Å². The number of alkyl halides is 3. The number of halogens is 3. The second-order valence-electron chi connectivity index (χ2n) is 8.66. The van der Waals surface area contributed by atoms with Crippen molar-refractivity contribution in [2.24, 2.45) is 11.8 Å². The Bertz CT molecular complexity index is 1220. The number of carbonyl (C=O) groups is 2. The number of hydrogen-bond donors (Lipinski definition) is 2. The topological polar surface area (TPSA) is 101 Å². The zero-order valence-corrected chi connectivity index (χ0v) is 19.2. The van der Waals surface area contributed by atoms with E-state index in [1.54, 1.807) is 12.1 Å². The number of nitrogens with one attached hydrogen (secondary N) is 1. The van der Waals surface area contributed by atoms with Crippen molar-refractivity contribution in [3.63, 3.8) is 0 Å². The number of rotatable bonds is 8. The maximum absolute atomic E-state index is 13.6. The fourth-order valence-corrected chi connectivity index (χ4v) is 4.35. The first-order chi connectivity index (χ1) is 17.2. The van der Waals surface area contributed by atoms with E-state index in [0.29, 0.717) is 36.7 Å². The Morgan fingerprint density at radius 1 is 1.06 bits per heavy atom. The summed E-state index contributed by atoms with van der Waals surface area (Å²) in [6, 6.07) is 15.4. The molecule has 4 rings (SSSR count). The average molecular weight is 499 g/mol. The summed E-state index contributed by atoms with van der Waals surface area (Å²) in [5, 5.41) is 12.2. The van der Waals surface area contributed by atoms with Gasteiger partial charge in [-0.3, -0.25) is 4.79 Å². The van der Waals surface area contributed by atoms with Gasteiger partial charge >= 0.3 is 18.1 Å². The molecule has 10 heteroatoms. The second-order valence-corrected chi connectivity index (χ2v) is 8.66. The molecule has 1 fully saturated rings. The van der Waals surface area contributed by atoms with Crippen molar-refractivity contribution in [1.82, 2.24) is 9.97 Å². The van der Waals surface area contributed by atoms with Crippen molar-refractivity contribution in [2.45, 2.75) is 38.5 Å². The number of esters is 1. The lowest BCUT2D eigenvalue weighted by Gasteiger charge is -2.19. The molecule has 2 atom stereocenters. The molecule has 188 valence electrons. The van der Waals surface area contributed by atoms with Gasteiger partial charge in [0.05, 0.1) is 22.7 Å². The summed E-state index contributed by atoms with van der Waals surface area (Å²) < 4.78 is 46.0. The van der Waals surface area contributed by atoms with Gasteiger partial charge in [-0.25, -0.2) is 14.8 Å². The Labute approximate surface area is 205 Å². The van der Waals surface area contributed by atoms with Gasteiger partial charge in [0.1, 0.15) is 6.61 Å². The molecule has 7 nitrogen and oxygen atoms in total. The number of carbonyl (C=O) groups excluding carboxylic acids is 1. The highest BCUT2D eigenvalue weighted by Gasteiger charge is 2.38. The van der Waals surface area contributed by atoms with Gasteiger partial charge in [0.25, 0.3) is 0 Å². The lowest BCUT2D eigenvalue weighted by atomic mass is 9.90. The molecule has 1 aromatic heterocycles. The molecule has 0 amide bonds. The number of ether oxygens (including phenoxy) is 1. The molecule has 2 N–H and O–H groups in total. The predicted molar refractivity (Wildman–Crippen MR) is 124 cm³/mol. The molecule has 0 unspecified atom stereocenters. The van der Waals surface area contributed by atoms with Crippen molar-refractivity contribution in [3.05, 3.63) is 83.2 Å². The van der Waals surface area contributed by atoms with E-state index in [1.807, 2.05) is 30.3 Å². The molecule has 1 aliphatic rings. The minimum atomic E-state index is -4.66. The summed E-state index contributed by atoms with van der Waals surface area (Å²) in [5.41, 5.74) is 0.419. The maximum atomic E-state index is 13.6. The predicted octanol–water partition coefficient (Wildman–Crippen LogP) is 5.64. The molecular weight excluding hydrogens is 475 g/mol. The van der Waals surface area contributed by atoms with Crippen molar-refractivity contribution < 1.29 is 32.6 Å². The van der Waals surface area contributed by atoms with Gasteiger partial charge < -0.3 is 15.2 Å². The monoisotopic (exact) mass is 499 g/mol. The van der Waals surface area contributed by atoms with Crippen LogP contribution in [-0.2, 0) is 28.7 Å². The van der Waals surface area contributed by atoms with Crippen LogP contribution in [0.15, 0.2) is 60.8 Å². The van der Waals surface area contributed by atoms with Crippen LogP contribution in [0.1, 0.15) is 46.4 Å². The minimum Gasteiger partial charge on any atom is -0.481 e. The molecule has 0 spiro atoms. The Morgan fingerprint density at radius 3 is 2.44 bits per heavy atom. The second kappa shape index (κ2) is 10.8. The van der Waals surface area contributed by atoms with E-state index in [0.717, 1.165) is 5.56 Å². The first-order valence-electron chi connectivity index (χ1n) is 11.4. The zero-order chi connectivity index (χ0) is 25.7. The summed E-state index contributed by atoms with van der Waals surface area (Å²) >= 11 is 0. The highest BCUT2D eigenvalue weighted by molar-refractivity contribution is 5.89. The van der Waals surface area contributed by atoms with Gasteiger partial charge in [0.15, 0.2) is 0 Å². The van der Waals surface area contributed by atoms with Crippen LogP contribution in [0, 0.1) is 11.8 Å². The van der Waals surface area contributed by atoms with Crippen LogP contribution in [0.2, 0.25) is 0 Å².